The van der Waals surface area contributed by atoms with Gasteiger partial charge in [0.15, 0.2) is 0 Å². The van der Waals surface area contributed by atoms with E-state index >= 15 is 0 Å². The van der Waals surface area contributed by atoms with Crippen molar-refractivity contribution in [2.45, 2.75) is 39.4 Å². The molecule has 0 radical (unpaired) electrons. The van der Waals surface area contributed by atoms with Crippen LogP contribution in [0.15, 0.2) is 18.2 Å². The van der Waals surface area contributed by atoms with Gasteiger partial charge in [-0.3, -0.25) is 4.90 Å². The van der Waals surface area contributed by atoms with Gasteiger partial charge in [-0.2, -0.15) is 0 Å². The van der Waals surface area contributed by atoms with Crippen molar-refractivity contribution in [3.8, 4) is 0 Å². The predicted octanol–water partition coefficient (Wildman–Crippen LogP) is 1.88. The molecule has 0 aromatic heterocycles. The highest BCUT2D eigenvalue weighted by Crippen LogP contribution is 2.16. The second-order valence-corrected chi connectivity index (χ2v) is 5.54. The smallest absolute Gasteiger partial charge is 0.335 e. The third-order valence-electron chi connectivity index (χ3n) is 3.80. The lowest BCUT2D eigenvalue weighted by Gasteiger charge is -2.37. The number of nitrogens with one attached hydrogen (secondary N) is 1. The van der Waals surface area contributed by atoms with E-state index in [1.165, 1.54) is 5.56 Å². The lowest BCUT2D eigenvalue weighted by Crippen LogP contribution is -2.53. The number of hydrogen-bond acceptors (Lipinski definition) is 3. The van der Waals surface area contributed by atoms with Gasteiger partial charge in [-0.1, -0.05) is 12.1 Å². The topological polar surface area (TPSA) is 52.6 Å². The van der Waals surface area contributed by atoms with E-state index in [2.05, 4.69) is 24.1 Å². The Bertz CT molecular complexity index is 473. The number of carboxylic acids is 1. The summed E-state index contributed by atoms with van der Waals surface area (Å²) in [4.78, 5) is 13.4. The molecule has 19 heavy (non-hydrogen) atoms. The Morgan fingerprint density at radius 2 is 2.21 bits per heavy atom. The average Bonchev–Trinajstić information content (AvgIpc) is 2.33. The van der Waals surface area contributed by atoms with Crippen molar-refractivity contribution in [2.24, 2.45) is 0 Å². The van der Waals surface area contributed by atoms with Crippen molar-refractivity contribution < 1.29 is 9.90 Å². The lowest BCUT2D eigenvalue weighted by molar-refractivity contribution is 0.0696. The maximum absolute atomic E-state index is 11.0. The number of piperazine rings is 1. The fraction of sp³-hybridized carbons (Fsp3) is 0.533. The number of carbonyl (C=O) groups is 1. The highest BCUT2D eigenvalue weighted by molar-refractivity contribution is 5.89. The van der Waals surface area contributed by atoms with E-state index in [9.17, 15) is 4.79 Å². The Hall–Kier alpha value is -1.39. The number of rotatable bonds is 3. The first-order chi connectivity index (χ1) is 8.97. The maximum atomic E-state index is 11.0. The van der Waals surface area contributed by atoms with Gasteiger partial charge in [0.2, 0.25) is 0 Å². The minimum absolute atomic E-state index is 0.394. The summed E-state index contributed by atoms with van der Waals surface area (Å²) in [5.41, 5.74) is 2.41. The fourth-order valence-corrected chi connectivity index (χ4v) is 2.62. The van der Waals surface area contributed by atoms with Crippen molar-refractivity contribution in [1.82, 2.24) is 10.2 Å². The number of carboxylic acid groups (broad SMARTS) is 1. The van der Waals surface area contributed by atoms with Gasteiger partial charge in [-0.05, 0) is 38.0 Å². The molecule has 0 unspecified atom stereocenters. The molecule has 0 bridgehead atoms. The van der Waals surface area contributed by atoms with E-state index in [-0.39, 0.29) is 0 Å². The first-order valence-corrected chi connectivity index (χ1v) is 6.77. The second-order valence-electron chi connectivity index (χ2n) is 5.54. The molecule has 1 heterocycles. The molecule has 104 valence electrons. The van der Waals surface area contributed by atoms with Crippen LogP contribution < -0.4 is 5.32 Å². The molecule has 2 rings (SSSR count). The molecule has 0 spiro atoms. The fourth-order valence-electron chi connectivity index (χ4n) is 2.62. The van der Waals surface area contributed by atoms with Crippen molar-refractivity contribution in [2.75, 3.05) is 13.1 Å². The van der Waals surface area contributed by atoms with Crippen LogP contribution >= 0.6 is 0 Å². The van der Waals surface area contributed by atoms with Gasteiger partial charge >= 0.3 is 5.97 Å². The largest absolute Gasteiger partial charge is 0.478 e. The first-order valence-electron chi connectivity index (χ1n) is 6.77. The molecule has 2 atom stereocenters. The van der Waals surface area contributed by atoms with Gasteiger partial charge in [0, 0.05) is 31.7 Å². The van der Waals surface area contributed by atoms with Crippen LogP contribution in [0.4, 0.5) is 0 Å². The molecule has 0 saturated carbocycles. The SMILES string of the molecule is Cc1cc(CN2C[C@@H](C)NC[C@@H]2C)ccc1C(=O)O. The molecule has 4 nitrogen and oxygen atoms in total. The molecular weight excluding hydrogens is 240 g/mol. The molecular formula is C15H22N2O2. The average molecular weight is 262 g/mol. The van der Waals surface area contributed by atoms with Crippen LogP contribution in [-0.4, -0.2) is 41.1 Å². The van der Waals surface area contributed by atoms with Crippen molar-refractivity contribution >= 4 is 5.97 Å². The molecule has 0 amide bonds. The number of benzene rings is 1. The molecule has 4 heteroatoms. The number of aryl methyl sites for hydroxylation is 1. The van der Waals surface area contributed by atoms with E-state index in [1.54, 1.807) is 6.07 Å². The zero-order valence-corrected chi connectivity index (χ0v) is 11.8. The normalized spacial score (nSPS) is 24.4. The highest BCUT2D eigenvalue weighted by Gasteiger charge is 2.22. The number of nitrogens with zero attached hydrogens (tertiary/aromatic N) is 1. The van der Waals surface area contributed by atoms with Crippen LogP contribution in [-0.2, 0) is 6.54 Å². The van der Waals surface area contributed by atoms with Crippen LogP contribution in [0.1, 0.15) is 35.3 Å². The summed E-state index contributed by atoms with van der Waals surface area (Å²) in [5, 5.41) is 12.5. The molecule has 2 N–H and O–H groups in total. The van der Waals surface area contributed by atoms with E-state index in [0.29, 0.717) is 17.6 Å². The summed E-state index contributed by atoms with van der Waals surface area (Å²) in [7, 11) is 0. The number of hydrogen-bond donors (Lipinski definition) is 2. The Morgan fingerprint density at radius 1 is 1.47 bits per heavy atom. The molecule has 0 aliphatic carbocycles. The quantitative estimate of drug-likeness (QED) is 0.873. The second kappa shape index (κ2) is 5.72. The molecule has 1 aromatic rings. The Kier molecular flexibility index (Phi) is 4.22. The van der Waals surface area contributed by atoms with E-state index < -0.39 is 5.97 Å². The van der Waals surface area contributed by atoms with Gasteiger partial charge in [-0.15, -0.1) is 0 Å². The first kappa shape index (κ1) is 14.0. The minimum Gasteiger partial charge on any atom is -0.478 e. The predicted molar refractivity (Wildman–Crippen MR) is 75.5 cm³/mol. The van der Waals surface area contributed by atoms with Gasteiger partial charge < -0.3 is 10.4 Å². The summed E-state index contributed by atoms with van der Waals surface area (Å²) in [6.07, 6.45) is 0. The van der Waals surface area contributed by atoms with E-state index in [4.69, 9.17) is 5.11 Å². The minimum atomic E-state index is -0.854. The summed E-state index contributed by atoms with van der Waals surface area (Å²) >= 11 is 0. The van der Waals surface area contributed by atoms with Crippen LogP contribution in [0.5, 0.6) is 0 Å². The Labute approximate surface area is 114 Å². The zero-order valence-electron chi connectivity index (χ0n) is 11.8. The summed E-state index contributed by atoms with van der Waals surface area (Å²) in [6, 6.07) is 6.65. The van der Waals surface area contributed by atoms with Crippen LogP contribution in [0.2, 0.25) is 0 Å². The Morgan fingerprint density at radius 3 is 2.84 bits per heavy atom. The summed E-state index contributed by atoms with van der Waals surface area (Å²) in [5.74, 6) is -0.854. The molecule has 1 aromatic carbocycles. The highest BCUT2D eigenvalue weighted by atomic mass is 16.4. The van der Waals surface area contributed by atoms with Gasteiger partial charge in [-0.25, -0.2) is 4.79 Å². The zero-order chi connectivity index (χ0) is 14.0. The van der Waals surface area contributed by atoms with Crippen LogP contribution in [0, 0.1) is 6.92 Å². The summed E-state index contributed by atoms with van der Waals surface area (Å²) < 4.78 is 0. The monoisotopic (exact) mass is 262 g/mol. The van der Waals surface area contributed by atoms with E-state index in [1.807, 2.05) is 19.1 Å². The van der Waals surface area contributed by atoms with Crippen molar-refractivity contribution in [3.05, 3.63) is 34.9 Å². The van der Waals surface area contributed by atoms with Gasteiger partial charge in [0.1, 0.15) is 0 Å². The van der Waals surface area contributed by atoms with Crippen LogP contribution in [0.3, 0.4) is 0 Å². The Balaban J connectivity index is 2.10. The molecule has 1 fully saturated rings. The third-order valence-corrected chi connectivity index (χ3v) is 3.80. The molecule has 1 saturated heterocycles. The van der Waals surface area contributed by atoms with E-state index in [0.717, 1.165) is 25.2 Å². The maximum Gasteiger partial charge on any atom is 0.335 e. The van der Waals surface area contributed by atoms with Crippen molar-refractivity contribution in [1.29, 1.82) is 0 Å². The summed E-state index contributed by atoms with van der Waals surface area (Å²) in [6.45, 7) is 9.19. The molecule has 1 aliphatic rings. The van der Waals surface area contributed by atoms with Gasteiger partial charge in [0.05, 0.1) is 5.56 Å². The van der Waals surface area contributed by atoms with Crippen molar-refractivity contribution in [3.63, 3.8) is 0 Å². The van der Waals surface area contributed by atoms with Gasteiger partial charge in [0.25, 0.3) is 0 Å². The number of aromatic carboxylic acids is 1. The standard InChI is InChI=1S/C15H22N2O2/c1-10-6-13(4-5-14(10)15(18)19)9-17-8-11(2)16-7-12(17)3/h4-6,11-12,16H,7-9H2,1-3H3,(H,18,19)/t11-,12+/m1/s1. The third kappa shape index (κ3) is 3.33. The lowest BCUT2D eigenvalue weighted by atomic mass is 10.0. The van der Waals surface area contributed by atoms with Crippen LogP contribution in [0.25, 0.3) is 0 Å². The molecule has 1 aliphatic heterocycles.